The lowest BCUT2D eigenvalue weighted by Crippen LogP contribution is -2.21. The van der Waals surface area contributed by atoms with E-state index in [2.05, 4.69) is 79.8 Å². The Hall–Kier alpha value is -1.60. The molecular weight excluding hydrogens is 290 g/mol. The monoisotopic (exact) mass is 323 g/mol. The molecule has 130 valence electrons. The van der Waals surface area contributed by atoms with Crippen molar-refractivity contribution in [3.05, 3.63) is 71.8 Å². The van der Waals surface area contributed by atoms with Gasteiger partial charge in [-0.25, -0.2) is 0 Å². The van der Waals surface area contributed by atoms with E-state index < -0.39 is 0 Å². The van der Waals surface area contributed by atoms with Gasteiger partial charge in [0.1, 0.15) is 0 Å². The molecule has 1 atom stereocenters. The van der Waals surface area contributed by atoms with Gasteiger partial charge in [0.05, 0.1) is 0 Å². The molecule has 0 fully saturated rings. The summed E-state index contributed by atoms with van der Waals surface area (Å²) in [6.45, 7) is 6.88. The summed E-state index contributed by atoms with van der Waals surface area (Å²) in [5.74, 6) is 1.33. The number of nitrogens with one attached hydrogen (secondary N) is 1. The van der Waals surface area contributed by atoms with E-state index in [1.807, 2.05) is 0 Å². The number of benzene rings is 2. The molecule has 0 aromatic heterocycles. The molecule has 0 aliphatic heterocycles. The van der Waals surface area contributed by atoms with Crippen molar-refractivity contribution < 1.29 is 0 Å². The summed E-state index contributed by atoms with van der Waals surface area (Å²) in [6.07, 6.45) is 6.49. The molecule has 0 bridgehead atoms. The van der Waals surface area contributed by atoms with Crippen molar-refractivity contribution in [3.63, 3.8) is 0 Å². The van der Waals surface area contributed by atoms with Crippen molar-refractivity contribution >= 4 is 0 Å². The zero-order chi connectivity index (χ0) is 17.0. The predicted octanol–water partition coefficient (Wildman–Crippen LogP) is 6.01. The minimum atomic E-state index is 0.484. The maximum atomic E-state index is 3.66. The third kappa shape index (κ3) is 6.49. The smallest absolute Gasteiger partial charge is 0.0101 e. The summed E-state index contributed by atoms with van der Waals surface area (Å²) in [5.41, 5.74) is 2.84. The Morgan fingerprint density at radius 1 is 0.750 bits per heavy atom. The molecule has 0 heterocycles. The first-order chi connectivity index (χ1) is 11.8. The Bertz CT molecular complexity index is 495. The van der Waals surface area contributed by atoms with Crippen LogP contribution in [0.25, 0.3) is 0 Å². The minimum Gasteiger partial charge on any atom is -0.317 e. The fourth-order valence-corrected chi connectivity index (χ4v) is 3.31. The van der Waals surface area contributed by atoms with Crippen LogP contribution in [0.5, 0.6) is 0 Å². The average Bonchev–Trinajstić information content (AvgIpc) is 2.64. The molecule has 0 amide bonds. The summed E-state index contributed by atoms with van der Waals surface area (Å²) in [6, 6.07) is 21.8. The van der Waals surface area contributed by atoms with Gasteiger partial charge in [-0.05, 0) is 43.0 Å². The third-order valence-electron chi connectivity index (χ3n) is 4.88. The highest BCUT2D eigenvalue weighted by molar-refractivity contribution is 5.32. The molecule has 0 aliphatic rings. The van der Waals surface area contributed by atoms with Crippen LogP contribution < -0.4 is 5.32 Å². The summed E-state index contributed by atoms with van der Waals surface area (Å²) in [4.78, 5) is 0. The predicted molar refractivity (Wildman–Crippen MR) is 106 cm³/mol. The summed E-state index contributed by atoms with van der Waals surface area (Å²) >= 11 is 0. The minimum absolute atomic E-state index is 0.484. The van der Waals surface area contributed by atoms with Crippen molar-refractivity contribution in [2.24, 2.45) is 5.92 Å². The molecule has 2 aromatic carbocycles. The van der Waals surface area contributed by atoms with Crippen molar-refractivity contribution in [1.82, 2.24) is 5.32 Å². The van der Waals surface area contributed by atoms with E-state index in [4.69, 9.17) is 0 Å². The molecule has 1 unspecified atom stereocenters. The van der Waals surface area contributed by atoms with Crippen LogP contribution in [0, 0.1) is 5.92 Å². The van der Waals surface area contributed by atoms with Crippen LogP contribution in [-0.2, 0) is 0 Å². The van der Waals surface area contributed by atoms with E-state index >= 15 is 0 Å². The van der Waals surface area contributed by atoms with Gasteiger partial charge in [-0.1, -0.05) is 93.8 Å². The summed E-state index contributed by atoms with van der Waals surface area (Å²) in [7, 11) is 0. The molecular formula is C23H33N. The highest BCUT2D eigenvalue weighted by Gasteiger charge is 2.13. The van der Waals surface area contributed by atoms with E-state index in [0.29, 0.717) is 5.92 Å². The quantitative estimate of drug-likeness (QED) is 0.499. The van der Waals surface area contributed by atoms with Gasteiger partial charge in [-0.15, -0.1) is 0 Å². The van der Waals surface area contributed by atoms with Crippen molar-refractivity contribution in [3.8, 4) is 0 Å². The second kappa shape index (κ2) is 11.0. The zero-order valence-electron chi connectivity index (χ0n) is 15.4. The Balaban J connectivity index is 1.82. The molecule has 0 saturated carbocycles. The number of hydrogen-bond acceptors (Lipinski definition) is 1. The van der Waals surface area contributed by atoms with Gasteiger partial charge in [0.25, 0.3) is 0 Å². The van der Waals surface area contributed by atoms with Gasteiger partial charge in [-0.2, -0.15) is 0 Å². The van der Waals surface area contributed by atoms with Gasteiger partial charge < -0.3 is 5.32 Å². The first-order valence-electron chi connectivity index (χ1n) is 9.62. The normalized spacial score (nSPS) is 12.5. The van der Waals surface area contributed by atoms with E-state index in [9.17, 15) is 0 Å². The van der Waals surface area contributed by atoms with Crippen LogP contribution in [0.3, 0.4) is 0 Å². The van der Waals surface area contributed by atoms with Gasteiger partial charge in [0, 0.05) is 5.92 Å². The van der Waals surface area contributed by atoms with Gasteiger partial charge in [-0.3, -0.25) is 0 Å². The van der Waals surface area contributed by atoms with Crippen LogP contribution in [-0.4, -0.2) is 13.1 Å². The maximum Gasteiger partial charge on any atom is 0.0101 e. The molecule has 0 saturated heterocycles. The molecule has 1 heteroatoms. The first-order valence-corrected chi connectivity index (χ1v) is 9.62. The molecule has 24 heavy (non-hydrogen) atoms. The second-order valence-electron chi connectivity index (χ2n) is 6.95. The highest BCUT2D eigenvalue weighted by Crippen LogP contribution is 2.27. The van der Waals surface area contributed by atoms with Crippen molar-refractivity contribution in [2.75, 3.05) is 13.1 Å². The molecule has 0 aliphatic carbocycles. The SMILES string of the molecule is CCCCC(C)CCNCCC(c1ccccc1)c1ccccc1. The lowest BCUT2D eigenvalue weighted by atomic mass is 9.88. The number of hydrogen-bond donors (Lipinski definition) is 1. The third-order valence-corrected chi connectivity index (χ3v) is 4.88. The second-order valence-corrected chi connectivity index (χ2v) is 6.95. The van der Waals surface area contributed by atoms with Crippen LogP contribution in [0.2, 0.25) is 0 Å². The average molecular weight is 324 g/mol. The number of unbranched alkanes of at least 4 members (excludes halogenated alkanes) is 1. The number of rotatable bonds is 11. The van der Waals surface area contributed by atoms with Crippen LogP contribution in [0.4, 0.5) is 0 Å². The van der Waals surface area contributed by atoms with E-state index in [0.717, 1.165) is 25.4 Å². The molecule has 0 radical (unpaired) electrons. The van der Waals surface area contributed by atoms with Gasteiger partial charge in [0.15, 0.2) is 0 Å². The standard InChI is InChI=1S/C23H33N/c1-3-4-11-20(2)16-18-24-19-17-23(21-12-7-5-8-13-21)22-14-9-6-10-15-22/h5-10,12-15,20,23-24H,3-4,11,16-19H2,1-2H3. The van der Waals surface area contributed by atoms with Crippen molar-refractivity contribution in [1.29, 1.82) is 0 Å². The largest absolute Gasteiger partial charge is 0.317 e. The molecule has 0 spiro atoms. The fraction of sp³-hybridized carbons (Fsp3) is 0.478. The molecule has 2 rings (SSSR count). The molecule has 1 N–H and O–H groups in total. The Morgan fingerprint density at radius 2 is 1.29 bits per heavy atom. The van der Waals surface area contributed by atoms with Crippen LogP contribution >= 0.6 is 0 Å². The summed E-state index contributed by atoms with van der Waals surface area (Å²) < 4.78 is 0. The van der Waals surface area contributed by atoms with E-state index in [1.165, 1.54) is 36.8 Å². The van der Waals surface area contributed by atoms with Gasteiger partial charge in [0.2, 0.25) is 0 Å². The Labute approximate surface area is 148 Å². The zero-order valence-corrected chi connectivity index (χ0v) is 15.4. The van der Waals surface area contributed by atoms with Gasteiger partial charge >= 0.3 is 0 Å². The van der Waals surface area contributed by atoms with E-state index in [1.54, 1.807) is 0 Å². The summed E-state index contributed by atoms with van der Waals surface area (Å²) in [5, 5.41) is 3.66. The fourth-order valence-electron chi connectivity index (χ4n) is 3.31. The topological polar surface area (TPSA) is 12.0 Å². The lowest BCUT2D eigenvalue weighted by molar-refractivity contribution is 0.450. The maximum absolute atomic E-state index is 3.66. The van der Waals surface area contributed by atoms with Crippen molar-refractivity contribution in [2.45, 2.75) is 51.9 Å². The highest BCUT2D eigenvalue weighted by atomic mass is 14.8. The molecule has 1 nitrogen and oxygen atoms in total. The molecule has 2 aromatic rings. The van der Waals surface area contributed by atoms with Crippen LogP contribution in [0.1, 0.15) is 63.0 Å². The van der Waals surface area contributed by atoms with Crippen LogP contribution in [0.15, 0.2) is 60.7 Å². The lowest BCUT2D eigenvalue weighted by Gasteiger charge is -2.19. The first kappa shape index (κ1) is 18.7. The Kier molecular flexibility index (Phi) is 8.62. The Morgan fingerprint density at radius 3 is 1.83 bits per heavy atom. The van der Waals surface area contributed by atoms with E-state index in [-0.39, 0.29) is 0 Å².